The van der Waals surface area contributed by atoms with Gasteiger partial charge in [0.05, 0.1) is 12.6 Å². The minimum absolute atomic E-state index is 0.0891. The molecule has 1 aliphatic rings. The standard InChI is InChI=1S/C15H22N2O2/c1-11-8-16(3)15(10-18)9-17(11)14-6-4-13(5-7-14)12(2)19/h4-7,11,15,18H,8-10H2,1-3H3. The number of ketones is 1. The molecule has 4 heteroatoms. The van der Waals surface area contributed by atoms with E-state index >= 15 is 0 Å². The maximum absolute atomic E-state index is 11.3. The summed E-state index contributed by atoms with van der Waals surface area (Å²) in [6.45, 7) is 5.68. The number of hydrogen-bond acceptors (Lipinski definition) is 4. The first-order valence-electron chi connectivity index (χ1n) is 6.71. The van der Waals surface area contributed by atoms with Crippen molar-refractivity contribution in [2.75, 3.05) is 31.6 Å². The van der Waals surface area contributed by atoms with Crippen molar-refractivity contribution in [1.82, 2.24) is 4.90 Å². The maximum Gasteiger partial charge on any atom is 0.159 e. The Hall–Kier alpha value is -1.39. The van der Waals surface area contributed by atoms with Crippen molar-refractivity contribution >= 4 is 11.5 Å². The zero-order chi connectivity index (χ0) is 14.0. The summed E-state index contributed by atoms with van der Waals surface area (Å²) >= 11 is 0. The number of nitrogens with zero attached hydrogens (tertiary/aromatic N) is 2. The minimum atomic E-state index is 0.0891. The van der Waals surface area contributed by atoms with Crippen LogP contribution in [0.2, 0.25) is 0 Å². The number of likely N-dealkylation sites (N-methyl/N-ethyl adjacent to an activating group) is 1. The van der Waals surface area contributed by atoms with Crippen LogP contribution in [0.15, 0.2) is 24.3 Å². The fraction of sp³-hybridized carbons (Fsp3) is 0.533. The highest BCUT2D eigenvalue weighted by atomic mass is 16.3. The number of carbonyl (C=O) groups is 1. The lowest BCUT2D eigenvalue weighted by atomic mass is 10.1. The van der Waals surface area contributed by atoms with Gasteiger partial charge in [0, 0.05) is 30.4 Å². The van der Waals surface area contributed by atoms with Crippen molar-refractivity contribution < 1.29 is 9.90 Å². The predicted octanol–water partition coefficient (Wildman–Crippen LogP) is 1.39. The van der Waals surface area contributed by atoms with Crippen molar-refractivity contribution in [3.05, 3.63) is 29.8 Å². The van der Waals surface area contributed by atoms with Gasteiger partial charge in [0.25, 0.3) is 0 Å². The van der Waals surface area contributed by atoms with Crippen LogP contribution in [0.25, 0.3) is 0 Å². The summed E-state index contributed by atoms with van der Waals surface area (Å²) in [6.07, 6.45) is 0. The molecule has 1 aromatic rings. The summed E-state index contributed by atoms with van der Waals surface area (Å²) in [6, 6.07) is 8.30. The first-order valence-corrected chi connectivity index (χ1v) is 6.71. The molecule has 1 saturated heterocycles. The molecule has 0 radical (unpaired) electrons. The molecule has 19 heavy (non-hydrogen) atoms. The molecule has 0 saturated carbocycles. The Balaban J connectivity index is 2.18. The van der Waals surface area contributed by atoms with Crippen molar-refractivity contribution in [2.24, 2.45) is 0 Å². The summed E-state index contributed by atoms with van der Waals surface area (Å²) in [5.41, 5.74) is 1.85. The molecule has 1 aliphatic heterocycles. The average molecular weight is 262 g/mol. The van der Waals surface area contributed by atoms with Gasteiger partial charge in [0.2, 0.25) is 0 Å². The fourth-order valence-electron chi connectivity index (χ4n) is 2.66. The van der Waals surface area contributed by atoms with Gasteiger partial charge in [-0.3, -0.25) is 9.69 Å². The molecule has 0 amide bonds. The van der Waals surface area contributed by atoms with Crippen LogP contribution in [-0.4, -0.2) is 54.6 Å². The number of aliphatic hydroxyl groups excluding tert-OH is 1. The first-order chi connectivity index (χ1) is 9.02. The third-order valence-electron chi connectivity index (χ3n) is 3.93. The highest BCUT2D eigenvalue weighted by Gasteiger charge is 2.28. The zero-order valence-corrected chi connectivity index (χ0v) is 11.8. The number of rotatable bonds is 3. The van der Waals surface area contributed by atoms with Crippen LogP contribution in [-0.2, 0) is 0 Å². The lowest BCUT2D eigenvalue weighted by molar-refractivity contribution is 0.101. The SMILES string of the molecule is CC(=O)c1ccc(N2CC(CO)N(C)CC2C)cc1. The molecule has 0 bridgehead atoms. The van der Waals surface area contributed by atoms with Crippen LogP contribution < -0.4 is 4.90 Å². The summed E-state index contributed by atoms with van der Waals surface area (Å²) in [4.78, 5) is 15.8. The van der Waals surface area contributed by atoms with E-state index in [1.807, 2.05) is 31.3 Å². The Bertz CT molecular complexity index is 444. The quantitative estimate of drug-likeness (QED) is 0.836. The average Bonchev–Trinajstić information content (AvgIpc) is 2.39. The number of anilines is 1. The van der Waals surface area contributed by atoms with Crippen molar-refractivity contribution in [3.63, 3.8) is 0 Å². The molecule has 1 N–H and O–H groups in total. The lowest BCUT2D eigenvalue weighted by Gasteiger charge is -2.44. The van der Waals surface area contributed by atoms with E-state index in [-0.39, 0.29) is 18.4 Å². The molecule has 2 unspecified atom stereocenters. The van der Waals surface area contributed by atoms with E-state index in [4.69, 9.17) is 0 Å². The number of carbonyl (C=O) groups excluding carboxylic acids is 1. The van der Waals surface area contributed by atoms with E-state index < -0.39 is 0 Å². The summed E-state index contributed by atoms with van der Waals surface area (Å²) in [5, 5.41) is 9.42. The van der Waals surface area contributed by atoms with Gasteiger partial charge in [-0.1, -0.05) is 0 Å². The van der Waals surface area contributed by atoms with E-state index in [1.54, 1.807) is 6.92 Å². The third kappa shape index (κ3) is 2.96. The molecule has 104 valence electrons. The Morgan fingerprint density at radius 1 is 1.32 bits per heavy atom. The van der Waals surface area contributed by atoms with Crippen LogP contribution in [0.3, 0.4) is 0 Å². The second kappa shape index (κ2) is 5.72. The van der Waals surface area contributed by atoms with Crippen molar-refractivity contribution in [1.29, 1.82) is 0 Å². The third-order valence-corrected chi connectivity index (χ3v) is 3.93. The number of aliphatic hydroxyl groups is 1. The Morgan fingerprint density at radius 3 is 2.47 bits per heavy atom. The van der Waals surface area contributed by atoms with E-state index in [9.17, 15) is 9.90 Å². The van der Waals surface area contributed by atoms with E-state index in [1.165, 1.54) is 0 Å². The molecule has 2 rings (SSSR count). The summed E-state index contributed by atoms with van der Waals surface area (Å²) in [7, 11) is 2.05. The molecule has 1 aromatic carbocycles. The van der Waals surface area contributed by atoms with Gasteiger partial charge in [-0.25, -0.2) is 0 Å². The van der Waals surface area contributed by atoms with Gasteiger partial charge in [-0.15, -0.1) is 0 Å². The predicted molar refractivity (Wildman–Crippen MR) is 76.8 cm³/mol. The minimum Gasteiger partial charge on any atom is -0.395 e. The Labute approximate surface area is 114 Å². The van der Waals surface area contributed by atoms with Crippen LogP contribution in [0, 0.1) is 0 Å². The van der Waals surface area contributed by atoms with Gasteiger partial charge < -0.3 is 10.0 Å². The molecule has 1 fully saturated rings. The van der Waals surface area contributed by atoms with Crippen molar-refractivity contribution in [3.8, 4) is 0 Å². The van der Waals surface area contributed by atoms with E-state index in [0.29, 0.717) is 6.04 Å². The zero-order valence-electron chi connectivity index (χ0n) is 11.8. The maximum atomic E-state index is 11.3. The van der Waals surface area contributed by atoms with Gasteiger partial charge in [0.15, 0.2) is 5.78 Å². The van der Waals surface area contributed by atoms with Gasteiger partial charge in [-0.05, 0) is 45.2 Å². The molecule has 4 nitrogen and oxygen atoms in total. The molecule has 2 atom stereocenters. The van der Waals surface area contributed by atoms with Gasteiger partial charge >= 0.3 is 0 Å². The van der Waals surface area contributed by atoms with Gasteiger partial charge in [-0.2, -0.15) is 0 Å². The second-order valence-electron chi connectivity index (χ2n) is 5.38. The van der Waals surface area contributed by atoms with E-state index in [0.717, 1.165) is 24.3 Å². The largest absolute Gasteiger partial charge is 0.395 e. The second-order valence-corrected chi connectivity index (χ2v) is 5.38. The topological polar surface area (TPSA) is 43.8 Å². The number of Topliss-reactive ketones (excluding diaryl/α,β-unsaturated/α-hetero) is 1. The number of hydrogen-bond donors (Lipinski definition) is 1. The fourth-order valence-corrected chi connectivity index (χ4v) is 2.66. The molecule has 0 aliphatic carbocycles. The molecule has 0 aromatic heterocycles. The van der Waals surface area contributed by atoms with Crippen LogP contribution in [0.5, 0.6) is 0 Å². The lowest BCUT2D eigenvalue weighted by Crippen LogP contribution is -2.57. The normalized spacial score (nSPS) is 24.5. The summed E-state index contributed by atoms with van der Waals surface area (Å²) < 4.78 is 0. The Morgan fingerprint density at radius 2 is 1.95 bits per heavy atom. The van der Waals surface area contributed by atoms with Crippen LogP contribution >= 0.6 is 0 Å². The van der Waals surface area contributed by atoms with E-state index in [2.05, 4.69) is 16.7 Å². The number of benzene rings is 1. The summed E-state index contributed by atoms with van der Waals surface area (Å²) in [5.74, 6) is 0.0891. The molecule has 1 heterocycles. The van der Waals surface area contributed by atoms with Crippen LogP contribution in [0.4, 0.5) is 5.69 Å². The molecular formula is C15H22N2O2. The van der Waals surface area contributed by atoms with Gasteiger partial charge in [0.1, 0.15) is 0 Å². The van der Waals surface area contributed by atoms with Crippen molar-refractivity contribution in [2.45, 2.75) is 25.9 Å². The smallest absolute Gasteiger partial charge is 0.159 e. The first kappa shape index (κ1) is 14.0. The monoisotopic (exact) mass is 262 g/mol. The molecular weight excluding hydrogens is 240 g/mol. The highest BCUT2D eigenvalue weighted by Crippen LogP contribution is 2.23. The number of piperazine rings is 1. The van der Waals surface area contributed by atoms with Crippen LogP contribution in [0.1, 0.15) is 24.2 Å². The Kier molecular flexibility index (Phi) is 4.22. The highest BCUT2D eigenvalue weighted by molar-refractivity contribution is 5.94. The molecule has 0 spiro atoms.